The number of nitrogens with two attached hydrogens (primary N) is 1. The van der Waals surface area contributed by atoms with Gasteiger partial charge in [-0.1, -0.05) is 64.4 Å². The van der Waals surface area contributed by atoms with Gasteiger partial charge >= 0.3 is 0 Å². The van der Waals surface area contributed by atoms with Crippen molar-refractivity contribution in [3.63, 3.8) is 0 Å². The second-order valence-corrected chi connectivity index (χ2v) is 17.3. The molecule has 1 aromatic rings. The summed E-state index contributed by atoms with van der Waals surface area (Å²) < 4.78 is 0. The number of guanidine groups is 1. The minimum Gasteiger partial charge on any atom is -0.396 e. The van der Waals surface area contributed by atoms with Crippen LogP contribution in [0, 0.1) is 34.5 Å². The Morgan fingerprint density at radius 3 is 2.79 bits per heavy atom. The number of aliphatic hydroxyl groups excluding tert-OH is 2. The van der Waals surface area contributed by atoms with Crippen molar-refractivity contribution in [3.05, 3.63) is 47.0 Å². The summed E-state index contributed by atoms with van der Waals surface area (Å²) in [4.78, 5) is 18.8. The number of ketones is 1. The van der Waals surface area contributed by atoms with E-state index in [1.807, 2.05) is 10.8 Å². The van der Waals surface area contributed by atoms with Gasteiger partial charge in [-0.3, -0.25) is 9.79 Å². The van der Waals surface area contributed by atoms with E-state index in [-0.39, 0.29) is 41.4 Å². The van der Waals surface area contributed by atoms with Crippen molar-refractivity contribution in [2.75, 3.05) is 25.5 Å². The molecule has 9 unspecified atom stereocenters. The van der Waals surface area contributed by atoms with E-state index in [0.717, 1.165) is 82.1 Å². The normalized spacial score (nSPS) is 42.6. The fraction of sp³-hybridized carbons (Fsp3) is 0.714. The number of carbonyl (C=O) groups excluding carboxylic acids is 1. The molecule has 234 valence electrons. The Balaban J connectivity index is 1.27. The van der Waals surface area contributed by atoms with E-state index < -0.39 is 0 Å². The van der Waals surface area contributed by atoms with Crippen molar-refractivity contribution in [1.29, 1.82) is 0 Å². The first kappa shape index (κ1) is 30.2. The molecule has 3 fully saturated rings. The van der Waals surface area contributed by atoms with Crippen molar-refractivity contribution in [2.45, 2.75) is 94.3 Å². The molecule has 7 rings (SSSR count). The SMILES string of the molecule is CC12CCSSC3CCC(c4ccccc4)C4CN=C(N)NC34CCCC3=C4CC1CC(CO)C(CCCO)C42CC3=O. The molecule has 6 nitrogen and oxygen atoms in total. The molecule has 2 heterocycles. The number of rotatable bonds is 5. The van der Waals surface area contributed by atoms with E-state index in [0.29, 0.717) is 41.2 Å². The van der Waals surface area contributed by atoms with Crippen LogP contribution in [0.2, 0.25) is 0 Å². The number of nitrogens with zero attached hydrogens (tertiary/aromatic N) is 1. The van der Waals surface area contributed by atoms with Gasteiger partial charge in [-0.15, -0.1) is 0 Å². The highest BCUT2D eigenvalue weighted by molar-refractivity contribution is 8.77. The predicted octanol–water partition coefficient (Wildman–Crippen LogP) is 5.84. The summed E-state index contributed by atoms with van der Waals surface area (Å²) in [6.07, 6.45) is 10.5. The number of nitrogens with one attached hydrogen (secondary N) is 1. The fourth-order valence-corrected chi connectivity index (χ4v) is 14.6. The third-order valence-electron chi connectivity index (χ3n) is 13.2. The van der Waals surface area contributed by atoms with E-state index in [4.69, 9.17) is 10.7 Å². The maximum absolute atomic E-state index is 14.1. The zero-order valence-electron chi connectivity index (χ0n) is 25.6. The number of Topliss-reactive ketones (excluding diaryl/α,β-unsaturated/α-hetero) is 1. The molecular formula is C35H49N3O3S2. The molecule has 6 aliphatic rings. The van der Waals surface area contributed by atoms with Crippen LogP contribution in [-0.2, 0) is 4.79 Å². The average molecular weight is 624 g/mol. The van der Waals surface area contributed by atoms with Gasteiger partial charge in [0.25, 0.3) is 0 Å². The molecule has 43 heavy (non-hydrogen) atoms. The standard InChI is InChI=1S/C35H49N3O3S2/c1-33-14-16-42-43-31-12-11-25(22-7-3-2-4-8-22)29-20-37-32(36)38-35(29,31)13-5-9-26-28-18-24(33)17-23(21-40)27(10-6-15-39)34(28,33)19-30(26)41/h2-4,7-8,23-25,27,29,31,39-40H,5-6,9-21H2,1H3,(H3,36,37,38). The van der Waals surface area contributed by atoms with Crippen LogP contribution in [0.4, 0.5) is 0 Å². The first-order valence-electron chi connectivity index (χ1n) is 16.8. The van der Waals surface area contributed by atoms with Crippen molar-refractivity contribution < 1.29 is 15.0 Å². The van der Waals surface area contributed by atoms with Crippen molar-refractivity contribution in [1.82, 2.24) is 5.32 Å². The van der Waals surface area contributed by atoms with Crippen LogP contribution in [0.5, 0.6) is 0 Å². The van der Waals surface area contributed by atoms with Crippen molar-refractivity contribution >= 4 is 33.3 Å². The zero-order valence-corrected chi connectivity index (χ0v) is 27.2. The van der Waals surface area contributed by atoms with Crippen LogP contribution in [0.25, 0.3) is 0 Å². The summed E-state index contributed by atoms with van der Waals surface area (Å²) in [5.41, 5.74) is 10.2. The minimum absolute atomic E-state index is 0.0541. The first-order valence-corrected chi connectivity index (χ1v) is 19.1. The lowest BCUT2D eigenvalue weighted by atomic mass is 9.47. The van der Waals surface area contributed by atoms with E-state index in [9.17, 15) is 15.0 Å². The van der Waals surface area contributed by atoms with E-state index in [1.165, 1.54) is 11.1 Å². The Hall–Kier alpha value is -1.48. The van der Waals surface area contributed by atoms with Gasteiger partial charge in [0, 0.05) is 48.5 Å². The first-order chi connectivity index (χ1) is 20.9. The number of aliphatic imine (C=N–C) groups is 1. The third kappa shape index (κ3) is 4.58. The topological polar surface area (TPSA) is 108 Å². The summed E-state index contributed by atoms with van der Waals surface area (Å²) in [5.74, 6) is 3.82. The lowest BCUT2D eigenvalue weighted by molar-refractivity contribution is -0.125. The molecule has 0 saturated heterocycles. The van der Waals surface area contributed by atoms with Crippen molar-refractivity contribution in [2.24, 2.45) is 45.2 Å². The van der Waals surface area contributed by atoms with Gasteiger partial charge in [0.15, 0.2) is 11.7 Å². The number of allylic oxidation sites excluding steroid dienone is 2. The number of benzene rings is 1. The van der Waals surface area contributed by atoms with Crippen LogP contribution < -0.4 is 11.1 Å². The summed E-state index contributed by atoms with van der Waals surface area (Å²) in [6.45, 7) is 3.61. The number of carbonyl (C=O) groups is 1. The van der Waals surface area contributed by atoms with Crippen molar-refractivity contribution in [3.8, 4) is 0 Å². The maximum Gasteiger partial charge on any atom is 0.189 e. The highest BCUT2D eigenvalue weighted by Crippen LogP contribution is 2.75. The van der Waals surface area contributed by atoms with Gasteiger partial charge in [-0.25, -0.2) is 0 Å². The highest BCUT2D eigenvalue weighted by Gasteiger charge is 2.69. The van der Waals surface area contributed by atoms with Crippen LogP contribution in [0.3, 0.4) is 0 Å². The highest BCUT2D eigenvalue weighted by atomic mass is 33.1. The van der Waals surface area contributed by atoms with E-state index in [1.54, 1.807) is 0 Å². The number of hydrogen-bond donors (Lipinski definition) is 4. The molecular weight excluding hydrogens is 575 g/mol. The smallest absolute Gasteiger partial charge is 0.189 e. The number of hydrogen-bond acceptors (Lipinski definition) is 8. The average Bonchev–Trinajstić information content (AvgIpc) is 3.34. The lowest BCUT2D eigenvalue weighted by Crippen LogP contribution is -2.67. The van der Waals surface area contributed by atoms with E-state index in [2.05, 4.69) is 53.4 Å². The predicted molar refractivity (Wildman–Crippen MR) is 177 cm³/mol. The molecule has 5 bridgehead atoms. The second kappa shape index (κ2) is 11.7. The summed E-state index contributed by atoms with van der Waals surface area (Å²) >= 11 is 0. The quantitative estimate of drug-likeness (QED) is 0.305. The summed E-state index contributed by atoms with van der Waals surface area (Å²) in [6, 6.07) is 11.0. The molecule has 4 aliphatic carbocycles. The van der Waals surface area contributed by atoms with E-state index >= 15 is 0 Å². The maximum atomic E-state index is 14.1. The van der Waals surface area contributed by atoms with Gasteiger partial charge in [-0.05, 0) is 104 Å². The monoisotopic (exact) mass is 623 g/mol. The largest absolute Gasteiger partial charge is 0.396 e. The van der Waals surface area contributed by atoms with Crippen LogP contribution in [0.1, 0.15) is 89.0 Å². The van der Waals surface area contributed by atoms with Gasteiger partial charge in [0.05, 0.1) is 5.54 Å². The Morgan fingerprint density at radius 2 is 2.00 bits per heavy atom. The van der Waals surface area contributed by atoms with Gasteiger partial charge in [0.1, 0.15) is 0 Å². The van der Waals surface area contributed by atoms with Gasteiger partial charge in [0.2, 0.25) is 0 Å². The van der Waals surface area contributed by atoms with Crippen LogP contribution in [0.15, 0.2) is 46.5 Å². The van der Waals surface area contributed by atoms with Gasteiger partial charge in [-0.2, -0.15) is 0 Å². The molecule has 2 spiro atoms. The molecule has 0 amide bonds. The Morgan fingerprint density at radius 1 is 1.16 bits per heavy atom. The lowest BCUT2D eigenvalue weighted by Gasteiger charge is -2.57. The second-order valence-electron chi connectivity index (χ2n) is 14.6. The Kier molecular flexibility index (Phi) is 8.22. The van der Waals surface area contributed by atoms with Crippen LogP contribution in [-0.4, -0.2) is 58.3 Å². The molecule has 5 N–H and O–H groups in total. The Labute approximate surface area is 264 Å². The molecule has 0 aromatic heterocycles. The summed E-state index contributed by atoms with van der Waals surface area (Å²) in [7, 11) is 4.12. The fourth-order valence-electron chi connectivity index (χ4n) is 11.3. The molecule has 8 heteroatoms. The zero-order chi connectivity index (χ0) is 29.8. The third-order valence-corrected chi connectivity index (χ3v) is 16.2. The molecule has 2 aliphatic heterocycles. The summed E-state index contributed by atoms with van der Waals surface area (Å²) in [5, 5.41) is 24.6. The van der Waals surface area contributed by atoms with Crippen LogP contribution >= 0.6 is 21.6 Å². The molecule has 3 saturated carbocycles. The molecule has 9 atom stereocenters. The molecule has 1 aromatic carbocycles. The number of aliphatic hydroxyl groups is 2. The Bertz CT molecular complexity index is 1290. The van der Waals surface area contributed by atoms with Gasteiger partial charge < -0.3 is 21.3 Å². The minimum atomic E-state index is -0.156. The molecule has 0 radical (unpaired) electrons.